The number of hydrogen-bond donors (Lipinski definition) is 2. The summed E-state index contributed by atoms with van der Waals surface area (Å²) >= 11 is 0. The second kappa shape index (κ2) is 7.97. The minimum atomic E-state index is -0.517. The molecule has 2 amide bonds. The zero-order valence-electron chi connectivity index (χ0n) is 13.5. The normalized spacial score (nSPS) is 17.4. The SMILES string of the molecule is Cc1cccc(C(=O)N[C@@H](C)C(=O)NC2CCCCCC2)c1. The fourth-order valence-electron chi connectivity index (χ4n) is 2.88. The van der Waals surface area contributed by atoms with Crippen molar-refractivity contribution in [2.24, 2.45) is 0 Å². The van der Waals surface area contributed by atoms with E-state index in [9.17, 15) is 9.59 Å². The van der Waals surface area contributed by atoms with E-state index >= 15 is 0 Å². The molecule has 1 atom stereocenters. The Morgan fingerprint density at radius 3 is 2.45 bits per heavy atom. The molecule has 2 rings (SSSR count). The molecule has 0 heterocycles. The lowest BCUT2D eigenvalue weighted by Crippen LogP contribution is -2.48. The van der Waals surface area contributed by atoms with Crippen molar-refractivity contribution in [3.05, 3.63) is 35.4 Å². The molecule has 0 bridgehead atoms. The average Bonchev–Trinajstić information content (AvgIpc) is 2.75. The number of amides is 2. The molecule has 0 radical (unpaired) electrons. The highest BCUT2D eigenvalue weighted by atomic mass is 16.2. The lowest BCUT2D eigenvalue weighted by Gasteiger charge is -2.20. The molecule has 0 aromatic heterocycles. The van der Waals surface area contributed by atoms with Crippen molar-refractivity contribution in [1.82, 2.24) is 10.6 Å². The van der Waals surface area contributed by atoms with Crippen LogP contribution in [0.25, 0.3) is 0 Å². The lowest BCUT2D eigenvalue weighted by molar-refractivity contribution is -0.123. The first-order valence-electron chi connectivity index (χ1n) is 8.24. The maximum Gasteiger partial charge on any atom is 0.251 e. The summed E-state index contributed by atoms with van der Waals surface area (Å²) in [6.45, 7) is 3.68. The monoisotopic (exact) mass is 302 g/mol. The molecule has 4 heteroatoms. The number of carbonyl (C=O) groups excluding carboxylic acids is 2. The Morgan fingerprint density at radius 1 is 1.14 bits per heavy atom. The molecule has 0 unspecified atom stereocenters. The molecule has 120 valence electrons. The van der Waals surface area contributed by atoms with Gasteiger partial charge in [0.15, 0.2) is 0 Å². The zero-order valence-corrected chi connectivity index (χ0v) is 13.5. The van der Waals surface area contributed by atoms with Crippen molar-refractivity contribution < 1.29 is 9.59 Å². The van der Waals surface area contributed by atoms with Gasteiger partial charge in [0.05, 0.1) is 0 Å². The molecule has 1 aromatic carbocycles. The summed E-state index contributed by atoms with van der Waals surface area (Å²) in [5.41, 5.74) is 1.62. The van der Waals surface area contributed by atoms with Gasteiger partial charge in [-0.05, 0) is 38.8 Å². The first-order chi connectivity index (χ1) is 10.6. The highest BCUT2D eigenvalue weighted by Gasteiger charge is 2.20. The van der Waals surface area contributed by atoms with E-state index in [4.69, 9.17) is 0 Å². The third kappa shape index (κ3) is 4.86. The van der Waals surface area contributed by atoms with Crippen LogP contribution in [-0.4, -0.2) is 23.9 Å². The maximum absolute atomic E-state index is 12.2. The number of aryl methyl sites for hydroxylation is 1. The van der Waals surface area contributed by atoms with Crippen LogP contribution in [0, 0.1) is 6.92 Å². The fraction of sp³-hybridized carbons (Fsp3) is 0.556. The number of carbonyl (C=O) groups is 2. The van der Waals surface area contributed by atoms with E-state index in [0.717, 1.165) is 18.4 Å². The molecule has 1 saturated carbocycles. The maximum atomic E-state index is 12.2. The smallest absolute Gasteiger partial charge is 0.251 e. The molecule has 1 fully saturated rings. The summed E-state index contributed by atoms with van der Waals surface area (Å²) in [6, 6.07) is 7.12. The van der Waals surface area contributed by atoms with Crippen LogP contribution in [0.1, 0.15) is 61.4 Å². The summed E-state index contributed by atoms with van der Waals surface area (Å²) < 4.78 is 0. The van der Waals surface area contributed by atoms with Gasteiger partial charge in [0, 0.05) is 11.6 Å². The average molecular weight is 302 g/mol. The highest BCUT2D eigenvalue weighted by Crippen LogP contribution is 2.17. The second-order valence-corrected chi connectivity index (χ2v) is 6.26. The summed E-state index contributed by atoms with van der Waals surface area (Å²) in [4.78, 5) is 24.4. The summed E-state index contributed by atoms with van der Waals surface area (Å²) in [7, 11) is 0. The van der Waals surface area contributed by atoms with E-state index in [2.05, 4.69) is 10.6 Å². The van der Waals surface area contributed by atoms with Crippen molar-refractivity contribution in [1.29, 1.82) is 0 Å². The van der Waals surface area contributed by atoms with E-state index in [-0.39, 0.29) is 17.9 Å². The summed E-state index contributed by atoms with van der Waals surface area (Å²) in [6.07, 6.45) is 6.95. The van der Waals surface area contributed by atoms with Gasteiger partial charge in [0.1, 0.15) is 6.04 Å². The number of rotatable bonds is 4. The van der Waals surface area contributed by atoms with Gasteiger partial charge in [-0.25, -0.2) is 0 Å². The van der Waals surface area contributed by atoms with Gasteiger partial charge in [-0.3, -0.25) is 9.59 Å². The molecule has 0 spiro atoms. The Bertz CT molecular complexity index is 520. The quantitative estimate of drug-likeness (QED) is 0.840. The van der Waals surface area contributed by atoms with Crippen LogP contribution in [0.2, 0.25) is 0 Å². The topological polar surface area (TPSA) is 58.2 Å². The second-order valence-electron chi connectivity index (χ2n) is 6.26. The van der Waals surface area contributed by atoms with E-state index in [1.807, 2.05) is 25.1 Å². The van der Waals surface area contributed by atoms with Crippen LogP contribution in [0.15, 0.2) is 24.3 Å². The van der Waals surface area contributed by atoms with Gasteiger partial charge in [0.2, 0.25) is 5.91 Å². The molecule has 1 aliphatic carbocycles. The van der Waals surface area contributed by atoms with Gasteiger partial charge in [-0.2, -0.15) is 0 Å². The molecular formula is C18H26N2O2. The van der Waals surface area contributed by atoms with Crippen LogP contribution < -0.4 is 10.6 Å². The van der Waals surface area contributed by atoms with Crippen LogP contribution in [0.5, 0.6) is 0 Å². The Labute approximate surface area is 132 Å². The molecule has 0 aliphatic heterocycles. The van der Waals surface area contributed by atoms with Crippen molar-refractivity contribution in [3.8, 4) is 0 Å². The Balaban J connectivity index is 1.86. The van der Waals surface area contributed by atoms with E-state index in [1.54, 1.807) is 13.0 Å². The van der Waals surface area contributed by atoms with Crippen LogP contribution in [0.3, 0.4) is 0 Å². The van der Waals surface area contributed by atoms with E-state index < -0.39 is 6.04 Å². The van der Waals surface area contributed by atoms with Crippen LogP contribution in [-0.2, 0) is 4.79 Å². The van der Waals surface area contributed by atoms with Crippen molar-refractivity contribution in [2.45, 2.75) is 64.5 Å². The molecule has 0 saturated heterocycles. The predicted octanol–water partition coefficient (Wildman–Crippen LogP) is 2.95. The number of nitrogens with one attached hydrogen (secondary N) is 2. The van der Waals surface area contributed by atoms with Crippen LogP contribution in [0.4, 0.5) is 0 Å². The molecule has 2 N–H and O–H groups in total. The van der Waals surface area contributed by atoms with Crippen molar-refractivity contribution >= 4 is 11.8 Å². The minimum Gasteiger partial charge on any atom is -0.352 e. The predicted molar refractivity (Wildman–Crippen MR) is 87.7 cm³/mol. The first-order valence-corrected chi connectivity index (χ1v) is 8.24. The summed E-state index contributed by atoms with van der Waals surface area (Å²) in [5.74, 6) is -0.292. The molecule has 4 nitrogen and oxygen atoms in total. The zero-order chi connectivity index (χ0) is 15.9. The molecule has 1 aliphatic rings. The largest absolute Gasteiger partial charge is 0.352 e. The van der Waals surface area contributed by atoms with Gasteiger partial charge >= 0.3 is 0 Å². The first kappa shape index (κ1) is 16.5. The van der Waals surface area contributed by atoms with Crippen LogP contribution >= 0.6 is 0 Å². The van der Waals surface area contributed by atoms with Crippen molar-refractivity contribution in [2.75, 3.05) is 0 Å². The Kier molecular flexibility index (Phi) is 5.99. The third-order valence-corrected chi connectivity index (χ3v) is 4.22. The standard InChI is InChI=1S/C18H26N2O2/c1-13-8-7-9-15(12-13)18(22)19-14(2)17(21)20-16-10-5-3-4-6-11-16/h7-9,12,14,16H,3-6,10-11H2,1-2H3,(H,19,22)(H,20,21)/t14-/m0/s1. The van der Waals surface area contributed by atoms with Crippen molar-refractivity contribution in [3.63, 3.8) is 0 Å². The van der Waals surface area contributed by atoms with Gasteiger partial charge in [-0.15, -0.1) is 0 Å². The third-order valence-electron chi connectivity index (χ3n) is 4.22. The Hall–Kier alpha value is -1.84. The lowest BCUT2D eigenvalue weighted by atomic mass is 10.1. The number of benzene rings is 1. The van der Waals surface area contributed by atoms with E-state index in [1.165, 1.54) is 25.7 Å². The number of hydrogen-bond acceptors (Lipinski definition) is 2. The summed E-state index contributed by atoms with van der Waals surface area (Å²) in [5, 5.41) is 5.85. The Morgan fingerprint density at radius 2 is 1.82 bits per heavy atom. The van der Waals surface area contributed by atoms with Gasteiger partial charge in [-0.1, -0.05) is 43.4 Å². The molecule has 22 heavy (non-hydrogen) atoms. The highest BCUT2D eigenvalue weighted by molar-refractivity contribution is 5.97. The fourth-order valence-corrected chi connectivity index (χ4v) is 2.88. The molecule has 1 aromatic rings. The van der Waals surface area contributed by atoms with E-state index in [0.29, 0.717) is 5.56 Å². The van der Waals surface area contributed by atoms with Gasteiger partial charge in [0.25, 0.3) is 5.91 Å². The van der Waals surface area contributed by atoms with Gasteiger partial charge < -0.3 is 10.6 Å². The minimum absolute atomic E-state index is 0.0899. The molecular weight excluding hydrogens is 276 g/mol.